The molecule has 112 valence electrons. The van der Waals surface area contributed by atoms with E-state index in [0.717, 1.165) is 36.3 Å². The molecule has 0 radical (unpaired) electrons. The molecule has 1 aliphatic heterocycles. The monoisotopic (exact) mass is 297 g/mol. The number of hydrogen-bond acceptors (Lipinski definition) is 3. The van der Waals surface area contributed by atoms with Crippen LogP contribution in [-0.2, 0) is 0 Å². The fraction of sp³-hybridized carbons (Fsp3) is 0.625. The highest BCUT2D eigenvalue weighted by molar-refractivity contribution is 6.31. The van der Waals surface area contributed by atoms with Crippen LogP contribution in [0.3, 0.4) is 0 Å². The Morgan fingerprint density at radius 2 is 1.85 bits per heavy atom. The lowest BCUT2D eigenvalue weighted by Crippen LogP contribution is -2.11. The predicted octanol–water partition coefficient (Wildman–Crippen LogP) is 4.47. The topological polar surface area (TPSA) is 44.5 Å². The Hall–Kier alpha value is -0.930. The van der Waals surface area contributed by atoms with E-state index in [1.807, 2.05) is 12.1 Å². The first kappa shape index (κ1) is 15.5. The van der Waals surface area contributed by atoms with E-state index in [1.54, 1.807) is 0 Å². The van der Waals surface area contributed by atoms with Crippen LogP contribution in [0.5, 0.6) is 11.5 Å². The maximum absolute atomic E-state index is 6.33. The number of unbranched alkanes of at least 4 members (excludes halogenated alkanes) is 3. The van der Waals surface area contributed by atoms with Gasteiger partial charge < -0.3 is 15.2 Å². The first-order valence-electron chi connectivity index (χ1n) is 7.57. The number of nitrogens with two attached hydrogens (primary N) is 1. The van der Waals surface area contributed by atoms with Gasteiger partial charge in [-0.25, -0.2) is 0 Å². The van der Waals surface area contributed by atoms with Crippen LogP contribution in [0.15, 0.2) is 12.1 Å². The van der Waals surface area contributed by atoms with Gasteiger partial charge in [0.15, 0.2) is 11.5 Å². The summed E-state index contributed by atoms with van der Waals surface area (Å²) in [6, 6.07) is 3.76. The molecule has 1 unspecified atom stereocenters. The van der Waals surface area contributed by atoms with Gasteiger partial charge in [-0.15, -0.1) is 0 Å². The summed E-state index contributed by atoms with van der Waals surface area (Å²) in [5.41, 5.74) is 7.23. The fourth-order valence-corrected chi connectivity index (χ4v) is 2.72. The minimum absolute atomic E-state index is 0.0310. The molecular weight excluding hydrogens is 274 g/mol. The first-order chi connectivity index (χ1) is 9.72. The smallest absolute Gasteiger partial charge is 0.162 e. The Morgan fingerprint density at radius 1 is 1.15 bits per heavy atom. The van der Waals surface area contributed by atoms with Gasteiger partial charge in [-0.1, -0.05) is 44.2 Å². The maximum atomic E-state index is 6.33. The second-order valence-electron chi connectivity index (χ2n) is 5.33. The molecule has 1 aromatic carbocycles. The van der Waals surface area contributed by atoms with Gasteiger partial charge in [0.25, 0.3) is 0 Å². The van der Waals surface area contributed by atoms with Crippen molar-refractivity contribution in [1.82, 2.24) is 0 Å². The van der Waals surface area contributed by atoms with Crippen molar-refractivity contribution in [1.29, 1.82) is 0 Å². The van der Waals surface area contributed by atoms with E-state index >= 15 is 0 Å². The van der Waals surface area contributed by atoms with Crippen LogP contribution in [0.1, 0.15) is 57.1 Å². The second kappa shape index (κ2) is 7.75. The zero-order valence-electron chi connectivity index (χ0n) is 12.2. The molecule has 0 amide bonds. The van der Waals surface area contributed by atoms with Gasteiger partial charge in [0, 0.05) is 23.6 Å². The van der Waals surface area contributed by atoms with E-state index in [4.69, 9.17) is 26.8 Å². The van der Waals surface area contributed by atoms with Gasteiger partial charge in [-0.3, -0.25) is 0 Å². The van der Waals surface area contributed by atoms with E-state index in [2.05, 4.69) is 6.92 Å². The number of fused-ring (bicyclic) bond motifs is 1. The normalized spacial score (nSPS) is 15.8. The molecule has 1 heterocycles. The lowest BCUT2D eigenvalue weighted by Gasteiger charge is -2.16. The lowest BCUT2D eigenvalue weighted by molar-refractivity contribution is 0.297. The number of halogens is 1. The molecule has 0 saturated heterocycles. The van der Waals surface area contributed by atoms with E-state index in [9.17, 15) is 0 Å². The molecule has 1 aliphatic rings. The number of benzene rings is 1. The van der Waals surface area contributed by atoms with Crippen LogP contribution in [0.25, 0.3) is 0 Å². The molecule has 3 nitrogen and oxygen atoms in total. The third-order valence-electron chi connectivity index (χ3n) is 3.63. The zero-order chi connectivity index (χ0) is 14.4. The third-order valence-corrected chi connectivity index (χ3v) is 3.96. The van der Waals surface area contributed by atoms with Crippen molar-refractivity contribution >= 4 is 11.6 Å². The largest absolute Gasteiger partial charge is 0.490 e. The SMILES string of the molecule is CCCCCCC(N)c1cc2c(cc1Cl)OCCCO2. The van der Waals surface area contributed by atoms with E-state index in [0.29, 0.717) is 18.2 Å². The van der Waals surface area contributed by atoms with Crippen molar-refractivity contribution in [2.24, 2.45) is 5.73 Å². The van der Waals surface area contributed by atoms with E-state index < -0.39 is 0 Å². The van der Waals surface area contributed by atoms with Gasteiger partial charge in [-0.05, 0) is 18.1 Å². The summed E-state index contributed by atoms with van der Waals surface area (Å²) >= 11 is 6.33. The predicted molar refractivity (Wildman–Crippen MR) is 82.7 cm³/mol. The highest BCUT2D eigenvalue weighted by Crippen LogP contribution is 2.37. The first-order valence-corrected chi connectivity index (χ1v) is 7.94. The summed E-state index contributed by atoms with van der Waals surface area (Å²) in [6.45, 7) is 3.56. The molecule has 0 bridgehead atoms. The Balaban J connectivity index is 2.05. The minimum atomic E-state index is -0.0310. The van der Waals surface area contributed by atoms with Crippen LogP contribution in [-0.4, -0.2) is 13.2 Å². The standard InChI is InChI=1S/C16H24ClNO2/c1-2-3-4-5-7-14(18)12-10-15-16(11-13(12)17)20-9-6-8-19-15/h10-11,14H,2-9,18H2,1H3. The summed E-state index contributed by atoms with van der Waals surface area (Å²) in [6.07, 6.45) is 6.72. The molecule has 1 atom stereocenters. The fourth-order valence-electron chi connectivity index (χ4n) is 2.43. The average Bonchev–Trinajstić information content (AvgIpc) is 2.67. The molecular formula is C16H24ClNO2. The molecule has 0 saturated carbocycles. The van der Waals surface area contributed by atoms with E-state index in [1.165, 1.54) is 19.3 Å². The van der Waals surface area contributed by atoms with Crippen molar-refractivity contribution < 1.29 is 9.47 Å². The van der Waals surface area contributed by atoms with Gasteiger partial charge in [0.2, 0.25) is 0 Å². The average molecular weight is 298 g/mol. The van der Waals surface area contributed by atoms with Crippen LogP contribution in [0.2, 0.25) is 5.02 Å². The molecule has 4 heteroatoms. The highest BCUT2D eigenvalue weighted by atomic mass is 35.5. The minimum Gasteiger partial charge on any atom is -0.490 e. The van der Waals surface area contributed by atoms with Gasteiger partial charge in [0.05, 0.1) is 13.2 Å². The molecule has 2 rings (SSSR count). The van der Waals surface area contributed by atoms with Crippen LogP contribution < -0.4 is 15.2 Å². The van der Waals surface area contributed by atoms with Crippen molar-refractivity contribution in [3.63, 3.8) is 0 Å². The molecule has 2 N–H and O–H groups in total. The Bertz CT molecular complexity index is 437. The van der Waals surface area contributed by atoms with E-state index in [-0.39, 0.29) is 6.04 Å². The van der Waals surface area contributed by atoms with Crippen molar-refractivity contribution in [2.75, 3.05) is 13.2 Å². The van der Waals surface area contributed by atoms with Crippen molar-refractivity contribution in [2.45, 2.75) is 51.5 Å². The Morgan fingerprint density at radius 3 is 2.55 bits per heavy atom. The van der Waals surface area contributed by atoms with Crippen LogP contribution in [0.4, 0.5) is 0 Å². The lowest BCUT2D eigenvalue weighted by atomic mass is 10.0. The number of rotatable bonds is 6. The Labute approximate surface area is 126 Å². The molecule has 20 heavy (non-hydrogen) atoms. The van der Waals surface area contributed by atoms with Gasteiger partial charge in [0.1, 0.15) is 0 Å². The summed E-state index contributed by atoms with van der Waals surface area (Å²) < 4.78 is 11.3. The van der Waals surface area contributed by atoms with Crippen LogP contribution >= 0.6 is 11.6 Å². The molecule has 0 spiro atoms. The molecule has 0 fully saturated rings. The zero-order valence-corrected chi connectivity index (χ0v) is 12.9. The second-order valence-corrected chi connectivity index (χ2v) is 5.73. The Kier molecular flexibility index (Phi) is 5.99. The van der Waals surface area contributed by atoms with Crippen molar-refractivity contribution in [3.05, 3.63) is 22.7 Å². The summed E-state index contributed by atoms with van der Waals surface area (Å²) in [7, 11) is 0. The molecule has 0 aromatic heterocycles. The summed E-state index contributed by atoms with van der Waals surface area (Å²) in [5.74, 6) is 1.50. The number of ether oxygens (including phenoxy) is 2. The van der Waals surface area contributed by atoms with Crippen LogP contribution in [0, 0.1) is 0 Å². The van der Waals surface area contributed by atoms with Gasteiger partial charge >= 0.3 is 0 Å². The third kappa shape index (κ3) is 4.03. The van der Waals surface area contributed by atoms with Crippen molar-refractivity contribution in [3.8, 4) is 11.5 Å². The quantitative estimate of drug-likeness (QED) is 0.788. The summed E-state index contributed by atoms with van der Waals surface area (Å²) in [4.78, 5) is 0. The maximum Gasteiger partial charge on any atom is 0.162 e. The highest BCUT2D eigenvalue weighted by Gasteiger charge is 2.17. The molecule has 0 aliphatic carbocycles. The van der Waals surface area contributed by atoms with Gasteiger partial charge in [-0.2, -0.15) is 0 Å². The summed E-state index contributed by atoms with van der Waals surface area (Å²) in [5, 5.41) is 0.678. The molecule has 1 aromatic rings. The number of hydrogen-bond donors (Lipinski definition) is 1.